The number of halogens is 2. The largest absolute Gasteiger partial charge is 2.00 e. The van der Waals surface area contributed by atoms with Gasteiger partial charge in [-0.2, -0.15) is 0 Å². The fourth-order valence-electron chi connectivity index (χ4n) is 1.85. The van der Waals surface area contributed by atoms with Crippen LogP contribution in [0.5, 0.6) is 0 Å². The molecule has 0 saturated heterocycles. The van der Waals surface area contributed by atoms with Crippen molar-refractivity contribution in [2.24, 2.45) is 0 Å². The van der Waals surface area contributed by atoms with Gasteiger partial charge in [0.1, 0.15) is 20.2 Å². The molecule has 2 aromatic rings. The minimum atomic E-state index is -4.59. The van der Waals surface area contributed by atoms with Crippen molar-refractivity contribution in [3.8, 4) is 0 Å². The smallest absolute Gasteiger partial charge is 0.744 e. The molecular formula is C14H14Cl2N2NiO6S2. The van der Waals surface area contributed by atoms with E-state index in [0.29, 0.717) is 11.1 Å². The average Bonchev–Trinajstić information content (AvgIpc) is 2.45. The molecule has 0 radical (unpaired) electrons. The van der Waals surface area contributed by atoms with E-state index in [4.69, 9.17) is 34.7 Å². The number of nitrogens with two attached hydrogens (primary N) is 2. The Morgan fingerprint density at radius 2 is 1.00 bits per heavy atom. The second-order valence-electron chi connectivity index (χ2n) is 5.14. The first-order chi connectivity index (χ1) is 11.7. The minimum absolute atomic E-state index is 0. The fraction of sp³-hybridized carbons (Fsp3) is 0.143. The van der Waals surface area contributed by atoms with Gasteiger partial charge in [0.15, 0.2) is 0 Å². The van der Waals surface area contributed by atoms with Crippen molar-refractivity contribution in [3.63, 3.8) is 0 Å². The van der Waals surface area contributed by atoms with Crippen LogP contribution in [-0.4, -0.2) is 25.9 Å². The van der Waals surface area contributed by atoms with Gasteiger partial charge in [-0.15, -0.1) is 0 Å². The number of hydrogen-bond acceptors (Lipinski definition) is 8. The van der Waals surface area contributed by atoms with Crippen LogP contribution >= 0.6 is 23.2 Å². The molecule has 0 unspecified atom stereocenters. The van der Waals surface area contributed by atoms with Gasteiger partial charge in [0.05, 0.1) is 31.2 Å². The second kappa shape index (κ2) is 9.42. The maximum absolute atomic E-state index is 10.7. The SMILES string of the molecule is Cc1ccc(N)c(S(=O)(=O)[O-])c1Cl.Cc1ccc(N)c(S(=O)(=O)[O-])c1Cl.[Ni+2]. The van der Waals surface area contributed by atoms with Crippen molar-refractivity contribution < 1.29 is 42.4 Å². The molecule has 13 heteroatoms. The molecule has 0 bridgehead atoms. The second-order valence-corrected chi connectivity index (χ2v) is 8.53. The quantitative estimate of drug-likeness (QED) is 0.360. The normalized spacial score (nSPS) is 11.2. The maximum Gasteiger partial charge on any atom is 2.00 e. The zero-order chi connectivity index (χ0) is 20.4. The molecule has 2 rings (SSSR count). The van der Waals surface area contributed by atoms with Gasteiger partial charge in [-0.05, 0) is 37.1 Å². The van der Waals surface area contributed by atoms with Gasteiger partial charge in [-0.3, -0.25) is 0 Å². The van der Waals surface area contributed by atoms with Crippen LogP contribution in [0.4, 0.5) is 11.4 Å². The minimum Gasteiger partial charge on any atom is -0.744 e. The molecular weight excluding hydrogens is 486 g/mol. The van der Waals surface area contributed by atoms with E-state index in [0.717, 1.165) is 0 Å². The summed E-state index contributed by atoms with van der Waals surface area (Å²) in [5.74, 6) is 0. The fourth-order valence-corrected chi connectivity index (χ4v) is 4.23. The molecule has 0 amide bonds. The molecule has 0 saturated carbocycles. The standard InChI is InChI=1S/2C7H8ClNO3S.Ni/c2*1-4-2-3-5(9)7(6(4)8)13(10,11)12;/h2*2-3H,9H2,1H3,(H,10,11,12);/q;;+2/p-2. The Hall–Kier alpha value is -1.07. The number of anilines is 2. The van der Waals surface area contributed by atoms with E-state index < -0.39 is 30.0 Å². The van der Waals surface area contributed by atoms with E-state index in [1.807, 2.05) is 0 Å². The number of aryl methyl sites for hydroxylation is 2. The van der Waals surface area contributed by atoms with Crippen LogP contribution < -0.4 is 11.5 Å². The van der Waals surface area contributed by atoms with Crippen LogP contribution in [0, 0.1) is 13.8 Å². The van der Waals surface area contributed by atoms with Gasteiger partial charge >= 0.3 is 16.5 Å². The first-order valence-corrected chi connectivity index (χ1v) is 10.3. The molecule has 4 N–H and O–H groups in total. The first-order valence-electron chi connectivity index (χ1n) is 6.68. The van der Waals surface area contributed by atoms with Crippen LogP contribution in [0.3, 0.4) is 0 Å². The molecule has 0 aliphatic rings. The van der Waals surface area contributed by atoms with Crippen LogP contribution in [-0.2, 0) is 36.7 Å². The third kappa shape index (κ3) is 6.50. The van der Waals surface area contributed by atoms with E-state index in [1.165, 1.54) is 12.1 Å². The van der Waals surface area contributed by atoms with Crippen molar-refractivity contribution in [2.75, 3.05) is 11.5 Å². The maximum atomic E-state index is 10.7. The van der Waals surface area contributed by atoms with Gasteiger partial charge in [-0.1, -0.05) is 35.3 Å². The zero-order valence-corrected chi connectivity index (χ0v) is 17.9. The van der Waals surface area contributed by atoms with Crippen molar-refractivity contribution >= 4 is 54.8 Å². The van der Waals surface area contributed by atoms with E-state index >= 15 is 0 Å². The Labute approximate surface area is 177 Å². The Balaban J connectivity index is 0.000000483. The van der Waals surface area contributed by atoms with Crippen LogP contribution in [0.15, 0.2) is 34.1 Å². The summed E-state index contributed by atoms with van der Waals surface area (Å²) in [6.45, 7) is 3.19. The van der Waals surface area contributed by atoms with Crippen LogP contribution in [0.1, 0.15) is 11.1 Å². The van der Waals surface area contributed by atoms with E-state index in [-0.39, 0.29) is 37.9 Å². The third-order valence-electron chi connectivity index (χ3n) is 3.14. The monoisotopic (exact) mass is 498 g/mol. The predicted octanol–water partition coefficient (Wildman–Crippen LogP) is 2.27. The van der Waals surface area contributed by atoms with Crippen molar-refractivity contribution in [1.29, 1.82) is 0 Å². The molecule has 2 aromatic carbocycles. The van der Waals surface area contributed by atoms with E-state index in [2.05, 4.69) is 0 Å². The summed E-state index contributed by atoms with van der Waals surface area (Å²) in [5, 5.41) is -0.204. The van der Waals surface area contributed by atoms with Crippen molar-refractivity contribution in [1.82, 2.24) is 0 Å². The van der Waals surface area contributed by atoms with Crippen molar-refractivity contribution in [2.45, 2.75) is 23.6 Å². The van der Waals surface area contributed by atoms with Gasteiger partial charge < -0.3 is 20.6 Å². The van der Waals surface area contributed by atoms with E-state index in [1.54, 1.807) is 26.0 Å². The molecule has 0 atom stereocenters. The third-order valence-corrected chi connectivity index (χ3v) is 6.22. The molecule has 0 aliphatic carbocycles. The topological polar surface area (TPSA) is 166 Å². The molecule has 0 aliphatic heterocycles. The summed E-state index contributed by atoms with van der Waals surface area (Å²) in [6, 6.07) is 5.77. The summed E-state index contributed by atoms with van der Waals surface area (Å²) >= 11 is 11.2. The molecule has 0 spiro atoms. The molecule has 0 fully saturated rings. The summed E-state index contributed by atoms with van der Waals surface area (Å²) < 4.78 is 64.2. The molecule has 0 aromatic heterocycles. The van der Waals surface area contributed by atoms with E-state index in [9.17, 15) is 25.9 Å². The molecule has 27 heavy (non-hydrogen) atoms. The summed E-state index contributed by atoms with van der Waals surface area (Å²) in [5.41, 5.74) is 11.4. The Kier molecular flexibility index (Phi) is 9.05. The molecule has 152 valence electrons. The molecule has 0 heterocycles. The zero-order valence-electron chi connectivity index (χ0n) is 13.8. The summed E-state index contributed by atoms with van der Waals surface area (Å²) in [7, 11) is -9.19. The number of benzene rings is 2. The first kappa shape index (κ1) is 25.9. The number of rotatable bonds is 2. The van der Waals surface area contributed by atoms with Crippen molar-refractivity contribution in [3.05, 3.63) is 45.4 Å². The predicted molar refractivity (Wildman–Crippen MR) is 97.1 cm³/mol. The Bertz CT molecular complexity index is 974. The Morgan fingerprint density at radius 1 is 0.741 bits per heavy atom. The number of hydrogen-bond donors (Lipinski definition) is 2. The van der Waals surface area contributed by atoms with Gasteiger partial charge in [0.2, 0.25) is 0 Å². The summed E-state index contributed by atoms with van der Waals surface area (Å²) in [6.07, 6.45) is 0. The Morgan fingerprint density at radius 3 is 1.19 bits per heavy atom. The summed E-state index contributed by atoms with van der Waals surface area (Å²) in [4.78, 5) is -1.07. The van der Waals surface area contributed by atoms with Crippen LogP contribution in [0.2, 0.25) is 10.0 Å². The average molecular weight is 500 g/mol. The number of nitrogen functional groups attached to an aromatic ring is 2. The van der Waals surface area contributed by atoms with Crippen LogP contribution in [0.25, 0.3) is 0 Å². The van der Waals surface area contributed by atoms with Gasteiger partial charge in [-0.25, -0.2) is 16.8 Å². The van der Waals surface area contributed by atoms with Gasteiger partial charge in [0.25, 0.3) is 0 Å². The molecule has 8 nitrogen and oxygen atoms in total. The van der Waals surface area contributed by atoms with Gasteiger partial charge in [0, 0.05) is 0 Å².